The highest BCUT2D eigenvalue weighted by Gasteiger charge is 2.18. The van der Waals surface area contributed by atoms with Gasteiger partial charge in [0.25, 0.3) is 0 Å². The summed E-state index contributed by atoms with van der Waals surface area (Å²) in [6.45, 7) is 6.37. The molecule has 1 fully saturated rings. The van der Waals surface area contributed by atoms with Crippen LogP contribution < -0.4 is 10.2 Å². The van der Waals surface area contributed by atoms with Crippen LogP contribution in [0.2, 0.25) is 0 Å². The Morgan fingerprint density at radius 3 is 2.50 bits per heavy atom. The molecule has 0 amide bonds. The number of aliphatic hydroxyl groups excluding tert-OH is 1. The van der Waals surface area contributed by atoms with E-state index in [9.17, 15) is 5.11 Å². The number of anilines is 1. The van der Waals surface area contributed by atoms with Crippen molar-refractivity contribution in [3.63, 3.8) is 0 Å². The zero-order valence-corrected chi connectivity index (χ0v) is 15.4. The van der Waals surface area contributed by atoms with Crippen LogP contribution in [0.15, 0.2) is 41.8 Å². The summed E-state index contributed by atoms with van der Waals surface area (Å²) in [4.78, 5) is 3.78. The summed E-state index contributed by atoms with van der Waals surface area (Å²) < 4.78 is 0. The largest absolute Gasteiger partial charge is 0.393 e. The van der Waals surface area contributed by atoms with Crippen LogP contribution >= 0.6 is 11.3 Å². The van der Waals surface area contributed by atoms with Crippen molar-refractivity contribution in [2.24, 2.45) is 0 Å². The van der Waals surface area contributed by atoms with E-state index in [4.69, 9.17) is 0 Å². The Morgan fingerprint density at radius 2 is 1.92 bits per heavy atom. The molecule has 0 aliphatic carbocycles. The monoisotopic (exact) mass is 344 g/mol. The molecule has 0 spiro atoms. The summed E-state index contributed by atoms with van der Waals surface area (Å²) >= 11 is 1.82. The van der Waals surface area contributed by atoms with Crippen molar-refractivity contribution in [2.45, 2.75) is 51.3 Å². The quantitative estimate of drug-likeness (QED) is 0.809. The van der Waals surface area contributed by atoms with Crippen LogP contribution in [0.3, 0.4) is 0 Å². The van der Waals surface area contributed by atoms with Gasteiger partial charge in [0.15, 0.2) is 0 Å². The second kappa shape index (κ2) is 8.15. The lowest BCUT2D eigenvalue weighted by atomic mass is 10.0. The highest BCUT2D eigenvalue weighted by molar-refractivity contribution is 7.10. The predicted octanol–water partition coefficient (Wildman–Crippen LogP) is 4.51. The van der Waals surface area contributed by atoms with Crippen LogP contribution in [-0.4, -0.2) is 24.3 Å². The maximum atomic E-state index is 9.64. The minimum Gasteiger partial charge on any atom is -0.393 e. The average molecular weight is 345 g/mol. The van der Waals surface area contributed by atoms with Gasteiger partial charge in [0.05, 0.1) is 6.10 Å². The molecule has 1 aliphatic rings. The van der Waals surface area contributed by atoms with Crippen molar-refractivity contribution in [1.82, 2.24) is 5.32 Å². The van der Waals surface area contributed by atoms with Crippen LogP contribution in [0.4, 0.5) is 5.69 Å². The van der Waals surface area contributed by atoms with Gasteiger partial charge in [-0.25, -0.2) is 0 Å². The molecule has 3 nitrogen and oxygen atoms in total. The first-order valence-corrected chi connectivity index (χ1v) is 9.87. The molecule has 2 aromatic rings. The zero-order valence-electron chi connectivity index (χ0n) is 14.6. The van der Waals surface area contributed by atoms with E-state index in [0.717, 1.165) is 32.4 Å². The van der Waals surface area contributed by atoms with Gasteiger partial charge in [-0.2, -0.15) is 0 Å². The maximum absolute atomic E-state index is 9.64. The molecule has 2 unspecified atom stereocenters. The van der Waals surface area contributed by atoms with Crippen LogP contribution in [0, 0.1) is 0 Å². The Hall–Kier alpha value is -1.36. The second-order valence-electron chi connectivity index (χ2n) is 6.67. The first kappa shape index (κ1) is 17.5. The van der Waals surface area contributed by atoms with E-state index in [1.807, 2.05) is 11.3 Å². The Bertz CT molecular complexity index is 603. The van der Waals surface area contributed by atoms with Gasteiger partial charge in [0.1, 0.15) is 0 Å². The van der Waals surface area contributed by atoms with Gasteiger partial charge >= 0.3 is 0 Å². The van der Waals surface area contributed by atoms with Gasteiger partial charge in [-0.1, -0.05) is 25.1 Å². The van der Waals surface area contributed by atoms with Crippen LogP contribution in [0.5, 0.6) is 0 Å². The van der Waals surface area contributed by atoms with E-state index in [0.29, 0.717) is 12.1 Å². The van der Waals surface area contributed by atoms with Gasteiger partial charge in [-0.3, -0.25) is 0 Å². The average Bonchev–Trinajstić information content (AvgIpc) is 3.15. The number of rotatable bonds is 6. The van der Waals surface area contributed by atoms with Crippen molar-refractivity contribution in [1.29, 1.82) is 0 Å². The van der Waals surface area contributed by atoms with E-state index in [-0.39, 0.29) is 6.10 Å². The molecule has 2 heterocycles. The van der Waals surface area contributed by atoms with E-state index in [2.05, 4.69) is 65.8 Å². The lowest BCUT2D eigenvalue weighted by Gasteiger charge is -2.31. The molecule has 0 radical (unpaired) electrons. The second-order valence-corrected chi connectivity index (χ2v) is 7.65. The van der Waals surface area contributed by atoms with Gasteiger partial charge in [-0.15, -0.1) is 11.3 Å². The number of nitrogens with zero attached hydrogens (tertiary/aromatic N) is 1. The highest BCUT2D eigenvalue weighted by Crippen LogP contribution is 2.27. The molecule has 3 rings (SSSR count). The van der Waals surface area contributed by atoms with E-state index < -0.39 is 0 Å². The van der Waals surface area contributed by atoms with Gasteiger partial charge < -0.3 is 15.3 Å². The maximum Gasteiger partial charge on any atom is 0.0574 e. The fourth-order valence-electron chi connectivity index (χ4n) is 3.39. The Morgan fingerprint density at radius 1 is 1.21 bits per heavy atom. The predicted molar refractivity (Wildman–Crippen MR) is 103 cm³/mol. The third kappa shape index (κ3) is 4.18. The fraction of sp³-hybridized carbons (Fsp3) is 0.500. The van der Waals surface area contributed by atoms with Gasteiger partial charge in [0, 0.05) is 35.7 Å². The summed E-state index contributed by atoms with van der Waals surface area (Å²) in [6, 6.07) is 14.0. The molecule has 4 heteroatoms. The molecule has 2 atom stereocenters. The van der Waals surface area contributed by atoms with Crippen LogP contribution in [-0.2, 0) is 0 Å². The molecule has 1 saturated heterocycles. The number of nitrogens with one attached hydrogen (secondary N) is 1. The summed E-state index contributed by atoms with van der Waals surface area (Å²) in [5, 5.41) is 15.5. The zero-order chi connectivity index (χ0) is 16.9. The Balaban J connectivity index is 1.62. The normalized spacial score (nSPS) is 18.5. The third-order valence-electron chi connectivity index (χ3n) is 4.97. The smallest absolute Gasteiger partial charge is 0.0574 e. The molecular weight excluding hydrogens is 316 g/mol. The standard InChI is InChI=1S/C20H28N2OS/c1-3-19(20-5-4-14-24-20)21-15(2)16-6-8-17(9-7-16)22-12-10-18(23)11-13-22/h4-9,14-15,18-19,21,23H,3,10-13H2,1-2H3. The molecule has 130 valence electrons. The fourth-order valence-corrected chi connectivity index (χ4v) is 4.26. The SMILES string of the molecule is CCC(NC(C)c1ccc(N2CCC(O)CC2)cc1)c1cccs1. The van der Waals surface area contributed by atoms with E-state index >= 15 is 0 Å². The number of benzene rings is 1. The van der Waals surface area contributed by atoms with Crippen molar-refractivity contribution in [3.05, 3.63) is 52.2 Å². The summed E-state index contributed by atoms with van der Waals surface area (Å²) in [5.41, 5.74) is 2.59. The Labute approximate surface area is 149 Å². The number of thiophene rings is 1. The molecule has 1 aliphatic heterocycles. The molecule has 1 aromatic heterocycles. The Kier molecular flexibility index (Phi) is 5.93. The van der Waals surface area contributed by atoms with Crippen molar-refractivity contribution >= 4 is 17.0 Å². The van der Waals surface area contributed by atoms with Crippen molar-refractivity contribution in [2.75, 3.05) is 18.0 Å². The lowest BCUT2D eigenvalue weighted by molar-refractivity contribution is 0.145. The summed E-state index contributed by atoms with van der Waals surface area (Å²) in [7, 11) is 0. The molecule has 24 heavy (non-hydrogen) atoms. The molecule has 0 bridgehead atoms. The number of hydrogen-bond acceptors (Lipinski definition) is 4. The molecule has 2 N–H and O–H groups in total. The van der Waals surface area contributed by atoms with Gasteiger partial charge in [0.2, 0.25) is 0 Å². The van der Waals surface area contributed by atoms with Crippen molar-refractivity contribution in [3.8, 4) is 0 Å². The summed E-state index contributed by atoms with van der Waals surface area (Å²) in [6.07, 6.45) is 2.73. The van der Waals surface area contributed by atoms with Crippen LogP contribution in [0.1, 0.15) is 55.6 Å². The molecule has 1 aromatic carbocycles. The minimum atomic E-state index is -0.118. The summed E-state index contributed by atoms with van der Waals surface area (Å²) in [5.74, 6) is 0. The van der Waals surface area contributed by atoms with Crippen LogP contribution in [0.25, 0.3) is 0 Å². The molecule has 0 saturated carbocycles. The van der Waals surface area contributed by atoms with E-state index in [1.165, 1.54) is 16.1 Å². The number of hydrogen-bond donors (Lipinski definition) is 2. The molecular formula is C20H28N2OS. The first-order chi connectivity index (χ1) is 11.7. The first-order valence-electron chi connectivity index (χ1n) is 8.99. The van der Waals surface area contributed by atoms with Gasteiger partial charge in [-0.05, 0) is 55.3 Å². The minimum absolute atomic E-state index is 0.118. The number of piperidine rings is 1. The topological polar surface area (TPSA) is 35.5 Å². The highest BCUT2D eigenvalue weighted by atomic mass is 32.1. The van der Waals surface area contributed by atoms with E-state index in [1.54, 1.807) is 0 Å². The van der Waals surface area contributed by atoms with Crippen molar-refractivity contribution < 1.29 is 5.11 Å². The lowest BCUT2D eigenvalue weighted by Crippen LogP contribution is -2.35. The number of aliphatic hydroxyl groups is 1. The third-order valence-corrected chi connectivity index (χ3v) is 5.95.